The van der Waals surface area contributed by atoms with E-state index in [0.29, 0.717) is 26.1 Å². The van der Waals surface area contributed by atoms with Crippen LogP contribution < -0.4 is 0 Å². The van der Waals surface area contributed by atoms with Crippen molar-refractivity contribution in [3.05, 3.63) is 83.7 Å². The second kappa shape index (κ2) is 12.1. The molecule has 2 rings (SSSR count). The SMILES string of the molecule is COC(=O)C(C/C=C/COCc1ccccc1)C[C@@H](OC)c1ccc(F)cc1. The van der Waals surface area contributed by atoms with E-state index in [0.717, 1.165) is 11.1 Å². The predicted octanol–water partition coefficient (Wildman–Crippen LogP) is 4.86. The molecule has 5 heteroatoms. The highest BCUT2D eigenvalue weighted by Gasteiger charge is 2.24. The van der Waals surface area contributed by atoms with Crippen LogP contribution >= 0.6 is 0 Å². The lowest BCUT2D eigenvalue weighted by atomic mass is 9.94. The molecule has 150 valence electrons. The third-order valence-electron chi connectivity index (χ3n) is 4.47. The fourth-order valence-corrected chi connectivity index (χ4v) is 2.91. The van der Waals surface area contributed by atoms with Crippen molar-refractivity contribution < 1.29 is 23.4 Å². The minimum absolute atomic E-state index is 0.293. The normalized spacial score (nSPS) is 13.4. The molecule has 2 aromatic rings. The largest absolute Gasteiger partial charge is 0.469 e. The Hall–Kier alpha value is -2.50. The third kappa shape index (κ3) is 7.25. The van der Waals surface area contributed by atoms with E-state index in [1.165, 1.54) is 19.2 Å². The van der Waals surface area contributed by atoms with E-state index in [-0.39, 0.29) is 23.8 Å². The Bertz CT molecular complexity index is 728. The van der Waals surface area contributed by atoms with Gasteiger partial charge in [-0.1, -0.05) is 54.6 Å². The van der Waals surface area contributed by atoms with Gasteiger partial charge >= 0.3 is 5.97 Å². The maximum Gasteiger partial charge on any atom is 0.309 e. The summed E-state index contributed by atoms with van der Waals surface area (Å²) < 4.78 is 29.2. The van der Waals surface area contributed by atoms with Gasteiger partial charge < -0.3 is 14.2 Å². The highest BCUT2D eigenvalue weighted by Crippen LogP contribution is 2.27. The van der Waals surface area contributed by atoms with E-state index < -0.39 is 0 Å². The van der Waals surface area contributed by atoms with Crippen LogP contribution in [0, 0.1) is 11.7 Å². The highest BCUT2D eigenvalue weighted by molar-refractivity contribution is 5.72. The summed E-state index contributed by atoms with van der Waals surface area (Å²) in [4.78, 5) is 12.2. The minimum atomic E-state index is -0.356. The van der Waals surface area contributed by atoms with Gasteiger partial charge in [0.05, 0.1) is 32.3 Å². The van der Waals surface area contributed by atoms with Crippen LogP contribution in [0.1, 0.15) is 30.1 Å². The monoisotopic (exact) mass is 386 g/mol. The summed E-state index contributed by atoms with van der Waals surface area (Å²) >= 11 is 0. The van der Waals surface area contributed by atoms with Crippen LogP contribution in [0.25, 0.3) is 0 Å². The molecule has 0 saturated carbocycles. The number of rotatable bonds is 11. The number of ether oxygens (including phenoxy) is 3. The van der Waals surface area contributed by atoms with Crippen molar-refractivity contribution in [2.24, 2.45) is 5.92 Å². The molecule has 2 atom stereocenters. The Morgan fingerprint density at radius 3 is 2.39 bits per heavy atom. The maximum absolute atomic E-state index is 13.1. The summed E-state index contributed by atoms with van der Waals surface area (Å²) in [7, 11) is 2.96. The lowest BCUT2D eigenvalue weighted by Gasteiger charge is -2.20. The van der Waals surface area contributed by atoms with Gasteiger partial charge in [-0.15, -0.1) is 0 Å². The number of allylic oxidation sites excluding steroid dienone is 1. The average molecular weight is 386 g/mol. The van der Waals surface area contributed by atoms with Crippen molar-refractivity contribution in [2.75, 3.05) is 20.8 Å². The summed E-state index contributed by atoms with van der Waals surface area (Å²) in [5.41, 5.74) is 1.94. The van der Waals surface area contributed by atoms with Gasteiger partial charge in [0.1, 0.15) is 5.82 Å². The van der Waals surface area contributed by atoms with Gasteiger partial charge in [-0.3, -0.25) is 4.79 Å². The van der Waals surface area contributed by atoms with Crippen LogP contribution in [0.5, 0.6) is 0 Å². The molecule has 1 unspecified atom stereocenters. The van der Waals surface area contributed by atoms with E-state index >= 15 is 0 Å². The molecule has 0 fully saturated rings. The number of methoxy groups -OCH3 is 2. The summed E-state index contributed by atoms with van der Waals surface area (Å²) in [6.07, 6.45) is 4.47. The van der Waals surface area contributed by atoms with E-state index in [4.69, 9.17) is 14.2 Å². The van der Waals surface area contributed by atoms with E-state index in [1.807, 2.05) is 42.5 Å². The van der Waals surface area contributed by atoms with E-state index in [1.54, 1.807) is 19.2 Å². The molecule has 2 aromatic carbocycles. The zero-order chi connectivity index (χ0) is 20.2. The molecule has 0 heterocycles. The Labute approximate surface area is 165 Å². The zero-order valence-corrected chi connectivity index (χ0v) is 16.3. The van der Waals surface area contributed by atoms with Gasteiger partial charge in [0.25, 0.3) is 0 Å². The molecule has 0 aliphatic rings. The molecular formula is C23H27FO4. The first kappa shape index (κ1) is 21.8. The number of hydrogen-bond donors (Lipinski definition) is 0. The fourth-order valence-electron chi connectivity index (χ4n) is 2.91. The van der Waals surface area contributed by atoms with Crippen molar-refractivity contribution in [1.29, 1.82) is 0 Å². The molecule has 0 spiro atoms. The molecule has 28 heavy (non-hydrogen) atoms. The Balaban J connectivity index is 1.86. The molecule has 0 amide bonds. The average Bonchev–Trinajstić information content (AvgIpc) is 2.73. The molecule has 0 saturated heterocycles. The number of esters is 1. The van der Waals surface area contributed by atoms with Crippen LogP contribution in [0.4, 0.5) is 4.39 Å². The lowest BCUT2D eigenvalue weighted by molar-refractivity contribution is -0.146. The fraction of sp³-hybridized carbons (Fsp3) is 0.348. The summed E-state index contributed by atoms with van der Waals surface area (Å²) in [5.74, 6) is -0.953. The molecule has 0 aromatic heterocycles. The standard InChI is InChI=1S/C23H27FO4/c1-26-22(19-11-13-21(24)14-12-19)16-20(23(25)27-2)10-6-7-15-28-17-18-8-4-3-5-9-18/h3-9,11-14,20,22H,10,15-17H2,1-2H3/b7-6+/t20?,22-/m1/s1. The van der Waals surface area contributed by atoms with Crippen LogP contribution in [0.15, 0.2) is 66.7 Å². The van der Waals surface area contributed by atoms with Crippen molar-refractivity contribution in [3.8, 4) is 0 Å². The van der Waals surface area contributed by atoms with Gasteiger partial charge in [-0.25, -0.2) is 4.39 Å². The third-order valence-corrected chi connectivity index (χ3v) is 4.47. The maximum atomic E-state index is 13.1. The number of benzene rings is 2. The Morgan fingerprint density at radius 2 is 1.75 bits per heavy atom. The Kier molecular flexibility index (Phi) is 9.39. The van der Waals surface area contributed by atoms with Crippen molar-refractivity contribution >= 4 is 5.97 Å². The highest BCUT2D eigenvalue weighted by atomic mass is 19.1. The first-order valence-corrected chi connectivity index (χ1v) is 9.26. The van der Waals surface area contributed by atoms with Crippen LogP contribution in [-0.2, 0) is 25.6 Å². The number of carbonyl (C=O) groups excluding carboxylic acids is 1. The molecule has 0 radical (unpaired) electrons. The van der Waals surface area contributed by atoms with Crippen LogP contribution in [0.3, 0.4) is 0 Å². The minimum Gasteiger partial charge on any atom is -0.469 e. The van der Waals surface area contributed by atoms with Gasteiger partial charge in [0.2, 0.25) is 0 Å². The lowest BCUT2D eigenvalue weighted by Crippen LogP contribution is -2.19. The van der Waals surface area contributed by atoms with Crippen LogP contribution in [0.2, 0.25) is 0 Å². The van der Waals surface area contributed by atoms with Gasteiger partial charge in [0.15, 0.2) is 0 Å². The summed E-state index contributed by atoms with van der Waals surface area (Å²) in [5, 5.41) is 0. The summed E-state index contributed by atoms with van der Waals surface area (Å²) in [6, 6.07) is 16.1. The quantitative estimate of drug-likeness (QED) is 0.314. The molecule has 0 aliphatic heterocycles. The molecular weight excluding hydrogens is 359 g/mol. The first-order valence-electron chi connectivity index (χ1n) is 9.26. The topological polar surface area (TPSA) is 44.8 Å². The second-order valence-corrected chi connectivity index (χ2v) is 6.44. The van der Waals surface area contributed by atoms with Gasteiger partial charge in [0, 0.05) is 7.11 Å². The zero-order valence-electron chi connectivity index (χ0n) is 16.3. The smallest absolute Gasteiger partial charge is 0.309 e. The molecule has 0 N–H and O–H groups in total. The van der Waals surface area contributed by atoms with Gasteiger partial charge in [-0.05, 0) is 36.1 Å². The van der Waals surface area contributed by atoms with Gasteiger partial charge in [-0.2, -0.15) is 0 Å². The Morgan fingerprint density at radius 1 is 1.04 bits per heavy atom. The predicted molar refractivity (Wildman–Crippen MR) is 106 cm³/mol. The molecule has 0 bridgehead atoms. The van der Waals surface area contributed by atoms with Crippen molar-refractivity contribution in [2.45, 2.75) is 25.6 Å². The summed E-state index contributed by atoms with van der Waals surface area (Å²) in [6.45, 7) is 1.01. The molecule has 0 aliphatic carbocycles. The van der Waals surface area contributed by atoms with Crippen molar-refractivity contribution in [1.82, 2.24) is 0 Å². The second-order valence-electron chi connectivity index (χ2n) is 6.44. The number of carbonyl (C=O) groups is 1. The first-order chi connectivity index (χ1) is 13.6. The van der Waals surface area contributed by atoms with E-state index in [9.17, 15) is 9.18 Å². The molecule has 4 nitrogen and oxygen atoms in total. The number of hydrogen-bond acceptors (Lipinski definition) is 4. The van der Waals surface area contributed by atoms with Crippen LogP contribution in [-0.4, -0.2) is 26.8 Å². The van der Waals surface area contributed by atoms with E-state index in [2.05, 4.69) is 0 Å². The number of halogens is 1. The van der Waals surface area contributed by atoms with Crippen molar-refractivity contribution in [3.63, 3.8) is 0 Å².